The molecule has 0 saturated heterocycles. The lowest BCUT2D eigenvalue weighted by molar-refractivity contribution is 0.102. The molecule has 0 aromatic heterocycles. The van der Waals surface area contributed by atoms with Gasteiger partial charge < -0.3 is 14.9 Å². The highest BCUT2D eigenvalue weighted by molar-refractivity contribution is 5.43. The molecule has 0 radical (unpaired) electrons. The van der Waals surface area contributed by atoms with Crippen LogP contribution in [-0.4, -0.2) is 23.4 Å². The Bertz CT molecular complexity index is 353. The number of ether oxygens (including phenoxy) is 1. The van der Waals surface area contributed by atoms with Gasteiger partial charge in [0.15, 0.2) is 0 Å². The Balaban J connectivity index is 2.74. The molecule has 17 heavy (non-hydrogen) atoms. The number of phenolic OH excluding ortho intramolecular Hbond substituents is 1. The van der Waals surface area contributed by atoms with Gasteiger partial charge in [0.05, 0.1) is 6.61 Å². The van der Waals surface area contributed by atoms with Crippen LogP contribution < -0.4 is 0 Å². The summed E-state index contributed by atoms with van der Waals surface area (Å²) in [7, 11) is 0. The summed E-state index contributed by atoms with van der Waals surface area (Å²) in [5.41, 5.74) is 1.65. The van der Waals surface area contributed by atoms with E-state index in [0.29, 0.717) is 25.4 Å². The summed E-state index contributed by atoms with van der Waals surface area (Å²) >= 11 is 0. The van der Waals surface area contributed by atoms with Crippen LogP contribution in [0.5, 0.6) is 5.75 Å². The van der Waals surface area contributed by atoms with Crippen molar-refractivity contribution in [2.75, 3.05) is 13.2 Å². The van der Waals surface area contributed by atoms with Crippen LogP contribution in [-0.2, 0) is 16.8 Å². The second-order valence-electron chi connectivity index (χ2n) is 5.19. The van der Waals surface area contributed by atoms with Gasteiger partial charge in [-0.15, -0.1) is 0 Å². The molecule has 1 rings (SSSR count). The fourth-order valence-electron chi connectivity index (χ4n) is 1.66. The minimum Gasteiger partial charge on any atom is -0.507 e. The van der Waals surface area contributed by atoms with E-state index < -0.39 is 0 Å². The molecule has 3 nitrogen and oxygen atoms in total. The molecule has 0 bridgehead atoms. The molecule has 3 heteroatoms. The fraction of sp³-hybridized carbons (Fsp3) is 0.571. The second kappa shape index (κ2) is 6.03. The zero-order chi connectivity index (χ0) is 12.9. The van der Waals surface area contributed by atoms with Gasteiger partial charge in [-0.25, -0.2) is 0 Å². The smallest absolute Gasteiger partial charge is 0.124 e. The van der Waals surface area contributed by atoms with Crippen LogP contribution in [0.15, 0.2) is 18.2 Å². The molecule has 0 amide bonds. The van der Waals surface area contributed by atoms with E-state index in [0.717, 1.165) is 11.1 Å². The van der Waals surface area contributed by atoms with Gasteiger partial charge >= 0.3 is 0 Å². The van der Waals surface area contributed by atoms with Crippen molar-refractivity contribution in [2.24, 2.45) is 0 Å². The summed E-state index contributed by atoms with van der Waals surface area (Å²) in [4.78, 5) is 0. The van der Waals surface area contributed by atoms with Crippen molar-refractivity contribution >= 4 is 0 Å². The van der Waals surface area contributed by atoms with Gasteiger partial charge in [-0.3, -0.25) is 0 Å². The van der Waals surface area contributed by atoms with Crippen LogP contribution in [0.3, 0.4) is 0 Å². The maximum atomic E-state index is 10.2. The van der Waals surface area contributed by atoms with Crippen molar-refractivity contribution < 1.29 is 14.9 Å². The Morgan fingerprint density at radius 1 is 1.24 bits per heavy atom. The van der Waals surface area contributed by atoms with Gasteiger partial charge in [0.25, 0.3) is 0 Å². The number of benzene rings is 1. The molecule has 96 valence electrons. The van der Waals surface area contributed by atoms with Crippen molar-refractivity contribution in [1.29, 1.82) is 0 Å². The van der Waals surface area contributed by atoms with Crippen LogP contribution in [0.2, 0.25) is 0 Å². The molecule has 2 N–H and O–H groups in total. The highest BCUT2D eigenvalue weighted by atomic mass is 16.5. The summed E-state index contributed by atoms with van der Waals surface area (Å²) in [5.74, 6) is 0.323. The van der Waals surface area contributed by atoms with Gasteiger partial charge in [-0.1, -0.05) is 39.0 Å². The Morgan fingerprint density at radius 3 is 2.53 bits per heavy atom. The van der Waals surface area contributed by atoms with E-state index in [1.165, 1.54) is 0 Å². The molecule has 1 aromatic carbocycles. The molecule has 0 aliphatic heterocycles. The lowest BCUT2D eigenvalue weighted by Crippen LogP contribution is -2.12. The Kier molecular flexibility index (Phi) is 4.97. The molecule has 0 heterocycles. The molecular weight excluding hydrogens is 216 g/mol. The van der Waals surface area contributed by atoms with Gasteiger partial charge in [0, 0.05) is 18.8 Å². The first-order valence-electron chi connectivity index (χ1n) is 5.96. The maximum absolute atomic E-state index is 10.2. The Hall–Kier alpha value is -1.06. The topological polar surface area (TPSA) is 49.7 Å². The molecule has 1 aromatic rings. The van der Waals surface area contributed by atoms with Crippen molar-refractivity contribution in [2.45, 2.75) is 39.2 Å². The normalized spacial score (nSPS) is 11.8. The van der Waals surface area contributed by atoms with Crippen molar-refractivity contribution in [3.63, 3.8) is 0 Å². The van der Waals surface area contributed by atoms with Crippen molar-refractivity contribution in [3.8, 4) is 5.75 Å². The zero-order valence-electron chi connectivity index (χ0n) is 10.9. The van der Waals surface area contributed by atoms with Gasteiger partial charge in [-0.2, -0.15) is 0 Å². The molecule has 0 saturated carbocycles. The summed E-state index contributed by atoms with van der Waals surface area (Å²) in [5, 5.41) is 18.8. The van der Waals surface area contributed by atoms with Crippen LogP contribution in [0, 0.1) is 0 Å². The minimum absolute atomic E-state index is 0.0782. The van der Waals surface area contributed by atoms with E-state index in [-0.39, 0.29) is 12.0 Å². The summed E-state index contributed by atoms with van der Waals surface area (Å²) < 4.78 is 5.39. The van der Waals surface area contributed by atoms with Crippen LogP contribution in [0.1, 0.15) is 38.3 Å². The number of aliphatic hydroxyl groups excluding tert-OH is 1. The van der Waals surface area contributed by atoms with E-state index >= 15 is 0 Å². The average molecular weight is 238 g/mol. The Labute approximate surface area is 103 Å². The molecule has 0 atom stereocenters. The van der Waals surface area contributed by atoms with Crippen molar-refractivity contribution in [3.05, 3.63) is 29.3 Å². The number of aromatic hydroxyl groups is 1. The zero-order valence-corrected chi connectivity index (χ0v) is 10.9. The van der Waals surface area contributed by atoms with Crippen molar-refractivity contribution in [1.82, 2.24) is 0 Å². The summed E-state index contributed by atoms with van der Waals surface area (Å²) in [6.07, 6.45) is 0.625. The standard InChI is InChI=1S/C14H22O3/c1-14(2,3)12-7-4-6-11(13(12)16)10-17-9-5-8-15/h4,6-7,15-16H,5,8-10H2,1-3H3. The number of aliphatic hydroxyl groups is 1. The number of hydrogen-bond acceptors (Lipinski definition) is 3. The highest BCUT2D eigenvalue weighted by Gasteiger charge is 2.19. The van der Waals surface area contributed by atoms with Crippen LogP contribution >= 0.6 is 0 Å². The predicted octanol–water partition coefficient (Wildman–Crippen LogP) is 2.59. The van der Waals surface area contributed by atoms with Gasteiger partial charge in [0.2, 0.25) is 0 Å². The van der Waals surface area contributed by atoms with E-state index in [1.54, 1.807) is 0 Å². The van der Waals surface area contributed by atoms with E-state index in [4.69, 9.17) is 9.84 Å². The third kappa shape index (κ3) is 4.02. The predicted molar refractivity (Wildman–Crippen MR) is 68.2 cm³/mol. The first-order valence-corrected chi connectivity index (χ1v) is 5.96. The lowest BCUT2D eigenvalue weighted by Gasteiger charge is -2.21. The summed E-state index contributed by atoms with van der Waals surface area (Å²) in [6.45, 7) is 7.23. The number of phenols is 1. The van der Waals surface area contributed by atoms with E-state index in [9.17, 15) is 5.11 Å². The lowest BCUT2D eigenvalue weighted by atomic mass is 9.85. The van der Waals surface area contributed by atoms with Crippen LogP contribution in [0.25, 0.3) is 0 Å². The highest BCUT2D eigenvalue weighted by Crippen LogP contribution is 2.33. The number of rotatable bonds is 5. The fourth-order valence-corrected chi connectivity index (χ4v) is 1.66. The largest absolute Gasteiger partial charge is 0.507 e. The number of para-hydroxylation sites is 1. The van der Waals surface area contributed by atoms with Crippen LogP contribution in [0.4, 0.5) is 0 Å². The van der Waals surface area contributed by atoms with Gasteiger partial charge in [-0.05, 0) is 17.4 Å². The Morgan fingerprint density at radius 2 is 1.94 bits per heavy atom. The maximum Gasteiger partial charge on any atom is 0.124 e. The molecule has 0 unspecified atom stereocenters. The summed E-state index contributed by atoms with van der Waals surface area (Å²) in [6, 6.07) is 5.74. The third-order valence-corrected chi connectivity index (χ3v) is 2.63. The monoisotopic (exact) mass is 238 g/mol. The van der Waals surface area contributed by atoms with Gasteiger partial charge in [0.1, 0.15) is 5.75 Å². The number of hydrogen-bond donors (Lipinski definition) is 2. The molecule has 0 aliphatic rings. The molecule has 0 fully saturated rings. The minimum atomic E-state index is -0.0782. The second-order valence-corrected chi connectivity index (χ2v) is 5.19. The quantitative estimate of drug-likeness (QED) is 0.775. The third-order valence-electron chi connectivity index (χ3n) is 2.63. The molecular formula is C14H22O3. The SMILES string of the molecule is CC(C)(C)c1cccc(COCCCO)c1O. The average Bonchev–Trinajstić information content (AvgIpc) is 2.25. The first kappa shape index (κ1) is 14.0. The van der Waals surface area contributed by atoms with E-state index in [1.807, 2.05) is 18.2 Å². The first-order chi connectivity index (χ1) is 7.96. The molecule has 0 aliphatic carbocycles. The molecule has 0 spiro atoms. The van der Waals surface area contributed by atoms with E-state index in [2.05, 4.69) is 20.8 Å².